The van der Waals surface area contributed by atoms with E-state index in [0.717, 1.165) is 29.7 Å². The number of nitrogens with one attached hydrogen (secondary N) is 2. The van der Waals surface area contributed by atoms with E-state index < -0.39 is 11.6 Å². The SMILES string of the molecule is CC1(C2CC2)NC(=O)N(CC(=O)NC(CC2CCCCC2)c2ccccc2)C1=O. The van der Waals surface area contributed by atoms with E-state index in [1.165, 1.54) is 32.1 Å². The highest BCUT2D eigenvalue weighted by Gasteiger charge is 2.56. The molecule has 4 amide bonds. The lowest BCUT2D eigenvalue weighted by Crippen LogP contribution is -2.47. The van der Waals surface area contributed by atoms with Gasteiger partial charge < -0.3 is 10.6 Å². The van der Waals surface area contributed by atoms with Gasteiger partial charge in [-0.2, -0.15) is 0 Å². The number of rotatable bonds is 7. The predicted molar refractivity (Wildman–Crippen MR) is 110 cm³/mol. The molecule has 0 bridgehead atoms. The van der Waals surface area contributed by atoms with Crippen LogP contribution in [0.5, 0.6) is 0 Å². The Balaban J connectivity index is 1.42. The lowest BCUT2D eigenvalue weighted by molar-refractivity contribution is -0.135. The van der Waals surface area contributed by atoms with Gasteiger partial charge in [0.25, 0.3) is 5.91 Å². The maximum atomic E-state index is 12.8. The molecular formula is C23H31N3O3. The summed E-state index contributed by atoms with van der Waals surface area (Å²) in [6.45, 7) is 1.56. The molecule has 2 N–H and O–H groups in total. The average molecular weight is 398 g/mol. The van der Waals surface area contributed by atoms with Crippen LogP contribution < -0.4 is 10.6 Å². The van der Waals surface area contributed by atoms with Crippen molar-refractivity contribution in [3.63, 3.8) is 0 Å². The van der Waals surface area contributed by atoms with Crippen molar-refractivity contribution >= 4 is 17.8 Å². The molecule has 0 spiro atoms. The van der Waals surface area contributed by atoms with Crippen LogP contribution in [0.2, 0.25) is 0 Å². The van der Waals surface area contributed by atoms with Gasteiger partial charge in [0, 0.05) is 0 Å². The van der Waals surface area contributed by atoms with Crippen molar-refractivity contribution in [2.24, 2.45) is 11.8 Å². The van der Waals surface area contributed by atoms with Crippen molar-refractivity contribution in [3.8, 4) is 0 Å². The number of hydrogen-bond acceptors (Lipinski definition) is 3. The van der Waals surface area contributed by atoms with Crippen molar-refractivity contribution in [1.82, 2.24) is 15.5 Å². The third-order valence-corrected chi connectivity index (χ3v) is 6.83. The Bertz CT molecular complexity index is 771. The number of hydrogen-bond donors (Lipinski definition) is 2. The fourth-order valence-corrected chi connectivity index (χ4v) is 4.90. The molecule has 6 heteroatoms. The van der Waals surface area contributed by atoms with Gasteiger partial charge in [0.2, 0.25) is 5.91 Å². The summed E-state index contributed by atoms with van der Waals surface area (Å²) in [7, 11) is 0. The van der Waals surface area contributed by atoms with Crippen LogP contribution in [0.3, 0.4) is 0 Å². The Morgan fingerprint density at radius 1 is 1.14 bits per heavy atom. The monoisotopic (exact) mass is 397 g/mol. The van der Waals surface area contributed by atoms with Gasteiger partial charge in [-0.3, -0.25) is 14.5 Å². The van der Waals surface area contributed by atoms with Crippen LogP contribution in [-0.4, -0.2) is 34.8 Å². The van der Waals surface area contributed by atoms with Crippen LogP contribution in [-0.2, 0) is 9.59 Å². The summed E-state index contributed by atoms with van der Waals surface area (Å²) in [6.07, 6.45) is 8.99. The van der Waals surface area contributed by atoms with Crippen LogP contribution in [0.25, 0.3) is 0 Å². The van der Waals surface area contributed by atoms with Crippen LogP contribution >= 0.6 is 0 Å². The minimum Gasteiger partial charge on any atom is -0.348 e. The normalized spacial score (nSPS) is 26.3. The number of benzene rings is 1. The van der Waals surface area contributed by atoms with Crippen molar-refractivity contribution in [2.45, 2.75) is 69.9 Å². The van der Waals surface area contributed by atoms with Crippen LogP contribution in [0.1, 0.15) is 69.9 Å². The van der Waals surface area contributed by atoms with Gasteiger partial charge in [-0.25, -0.2) is 4.79 Å². The van der Waals surface area contributed by atoms with E-state index in [0.29, 0.717) is 5.92 Å². The van der Waals surface area contributed by atoms with Gasteiger partial charge in [0.05, 0.1) is 6.04 Å². The fourth-order valence-electron chi connectivity index (χ4n) is 4.90. The van der Waals surface area contributed by atoms with Crippen molar-refractivity contribution < 1.29 is 14.4 Å². The molecule has 2 unspecified atom stereocenters. The summed E-state index contributed by atoms with van der Waals surface area (Å²) in [4.78, 5) is 39.1. The quantitative estimate of drug-likeness (QED) is 0.691. The molecule has 3 aliphatic rings. The molecule has 156 valence electrons. The Kier molecular flexibility index (Phi) is 5.61. The molecule has 1 aromatic carbocycles. The predicted octanol–water partition coefficient (Wildman–Crippen LogP) is 3.53. The van der Waals surface area contributed by atoms with Gasteiger partial charge in [0.15, 0.2) is 0 Å². The summed E-state index contributed by atoms with van der Waals surface area (Å²) >= 11 is 0. The summed E-state index contributed by atoms with van der Waals surface area (Å²) in [5, 5.41) is 5.91. The van der Waals surface area contributed by atoms with E-state index >= 15 is 0 Å². The van der Waals surface area contributed by atoms with Crippen molar-refractivity contribution in [1.29, 1.82) is 0 Å². The first-order valence-corrected chi connectivity index (χ1v) is 11.0. The maximum absolute atomic E-state index is 12.8. The summed E-state index contributed by atoms with van der Waals surface area (Å²) in [6, 6.07) is 9.44. The van der Waals surface area contributed by atoms with Gasteiger partial charge in [0.1, 0.15) is 12.1 Å². The van der Waals surface area contributed by atoms with Gasteiger partial charge in [-0.1, -0.05) is 62.4 Å². The first-order chi connectivity index (χ1) is 14.0. The second-order valence-corrected chi connectivity index (χ2v) is 9.07. The lowest BCUT2D eigenvalue weighted by atomic mass is 9.83. The molecule has 2 saturated carbocycles. The summed E-state index contributed by atoms with van der Waals surface area (Å²) in [5.74, 6) is 0.237. The van der Waals surface area contributed by atoms with E-state index in [1.807, 2.05) is 30.3 Å². The zero-order chi connectivity index (χ0) is 20.4. The van der Waals surface area contributed by atoms with Gasteiger partial charge in [-0.05, 0) is 43.6 Å². The van der Waals surface area contributed by atoms with E-state index in [4.69, 9.17) is 0 Å². The highest BCUT2D eigenvalue weighted by Crippen LogP contribution is 2.42. The average Bonchev–Trinajstić information content (AvgIpc) is 3.55. The minimum absolute atomic E-state index is 0.0950. The second kappa shape index (κ2) is 8.17. The van der Waals surface area contributed by atoms with Gasteiger partial charge >= 0.3 is 6.03 Å². The third-order valence-electron chi connectivity index (χ3n) is 6.83. The summed E-state index contributed by atoms with van der Waals surface area (Å²) in [5.41, 5.74) is 0.226. The first-order valence-electron chi connectivity index (χ1n) is 11.0. The highest BCUT2D eigenvalue weighted by atomic mass is 16.2. The Morgan fingerprint density at radius 2 is 1.83 bits per heavy atom. The van der Waals surface area contributed by atoms with Crippen molar-refractivity contribution in [2.75, 3.05) is 6.54 Å². The van der Waals surface area contributed by atoms with E-state index in [2.05, 4.69) is 10.6 Å². The first kappa shape index (κ1) is 19.9. The number of urea groups is 1. The molecule has 0 radical (unpaired) electrons. The molecule has 29 heavy (non-hydrogen) atoms. The zero-order valence-corrected chi connectivity index (χ0v) is 17.2. The topological polar surface area (TPSA) is 78.5 Å². The zero-order valence-electron chi connectivity index (χ0n) is 17.2. The van der Waals surface area contributed by atoms with Crippen LogP contribution in [0.4, 0.5) is 4.79 Å². The fraction of sp³-hybridized carbons (Fsp3) is 0.609. The number of nitrogens with zero attached hydrogens (tertiary/aromatic N) is 1. The number of amides is 4. The smallest absolute Gasteiger partial charge is 0.325 e. The number of carbonyl (C=O) groups is 3. The Morgan fingerprint density at radius 3 is 2.48 bits per heavy atom. The minimum atomic E-state index is -0.849. The second-order valence-electron chi connectivity index (χ2n) is 9.07. The molecule has 3 fully saturated rings. The maximum Gasteiger partial charge on any atom is 0.325 e. The van der Waals surface area contributed by atoms with Gasteiger partial charge in [-0.15, -0.1) is 0 Å². The molecule has 1 aliphatic heterocycles. The third kappa shape index (κ3) is 4.31. The van der Waals surface area contributed by atoms with Crippen LogP contribution in [0.15, 0.2) is 30.3 Å². The number of carbonyl (C=O) groups excluding carboxylic acids is 3. The number of imide groups is 1. The molecule has 1 aromatic rings. The largest absolute Gasteiger partial charge is 0.348 e. The molecule has 2 aliphatic carbocycles. The standard InChI is InChI=1S/C23H31N3O3/c1-23(18-12-13-18)21(28)26(22(29)25-23)15-20(27)24-19(17-10-6-3-7-11-17)14-16-8-4-2-5-9-16/h3,6-7,10-11,16,18-19H,2,4-5,8-9,12-15H2,1H3,(H,24,27)(H,25,29). The summed E-state index contributed by atoms with van der Waals surface area (Å²) < 4.78 is 0. The lowest BCUT2D eigenvalue weighted by Gasteiger charge is -2.28. The van der Waals surface area contributed by atoms with E-state index in [9.17, 15) is 14.4 Å². The van der Waals surface area contributed by atoms with E-state index in [1.54, 1.807) is 6.92 Å². The molecule has 6 nitrogen and oxygen atoms in total. The molecular weight excluding hydrogens is 366 g/mol. The van der Waals surface area contributed by atoms with Crippen molar-refractivity contribution in [3.05, 3.63) is 35.9 Å². The molecule has 2 atom stereocenters. The Labute approximate surface area is 172 Å². The molecule has 1 heterocycles. The molecule has 1 saturated heterocycles. The molecule has 0 aromatic heterocycles. The Hall–Kier alpha value is -2.37. The molecule has 4 rings (SSSR count). The highest BCUT2D eigenvalue weighted by molar-refractivity contribution is 6.09. The van der Waals surface area contributed by atoms with E-state index in [-0.39, 0.29) is 30.3 Å². The van der Waals surface area contributed by atoms with Crippen LogP contribution in [0, 0.1) is 11.8 Å².